The quantitative estimate of drug-likeness (QED) is 0.615. The maximum Gasteiger partial charge on any atom is 0.410 e. The monoisotopic (exact) mass is 210 g/mol. The molecule has 0 spiro atoms. The predicted octanol–water partition coefficient (Wildman–Crippen LogP) is 2.16. The summed E-state index contributed by atoms with van der Waals surface area (Å²) in [6.45, 7) is 9.74. The molecule has 1 amide bonds. The average molecular weight is 210 g/mol. The van der Waals surface area contributed by atoms with Gasteiger partial charge in [0.2, 0.25) is 0 Å². The van der Waals surface area contributed by atoms with Crippen LogP contribution in [-0.4, -0.2) is 28.7 Å². The zero-order chi connectivity index (χ0) is 11.9. The van der Waals surface area contributed by atoms with Gasteiger partial charge in [0.05, 0.1) is 17.5 Å². The van der Waals surface area contributed by atoms with E-state index in [1.165, 1.54) is 0 Å². The molecule has 1 saturated heterocycles. The molecule has 1 aliphatic heterocycles. The van der Waals surface area contributed by atoms with Crippen LogP contribution in [0.2, 0.25) is 0 Å². The second-order valence-corrected chi connectivity index (χ2v) is 5.43. The maximum absolute atomic E-state index is 11.7. The van der Waals surface area contributed by atoms with E-state index >= 15 is 0 Å². The topological polar surface area (TPSA) is 53.3 Å². The summed E-state index contributed by atoms with van der Waals surface area (Å²) in [5, 5.41) is 8.82. The van der Waals surface area contributed by atoms with Crippen LogP contribution in [0, 0.1) is 17.2 Å². The van der Waals surface area contributed by atoms with E-state index in [1.54, 1.807) is 4.90 Å². The van der Waals surface area contributed by atoms with E-state index in [0.29, 0.717) is 6.54 Å². The molecule has 84 valence electrons. The Morgan fingerprint density at radius 2 is 2.07 bits per heavy atom. The van der Waals surface area contributed by atoms with Gasteiger partial charge in [0.15, 0.2) is 0 Å². The van der Waals surface area contributed by atoms with Gasteiger partial charge in [0, 0.05) is 6.54 Å². The molecule has 0 N–H and O–H groups in total. The van der Waals surface area contributed by atoms with Crippen LogP contribution >= 0.6 is 0 Å². The molecule has 0 aliphatic carbocycles. The molecular formula is C11H18N2O2. The van der Waals surface area contributed by atoms with Crippen LogP contribution < -0.4 is 0 Å². The van der Waals surface area contributed by atoms with Gasteiger partial charge in [-0.1, -0.05) is 0 Å². The minimum atomic E-state index is -0.481. The summed E-state index contributed by atoms with van der Waals surface area (Å²) in [6, 6.07) is 2.19. The fourth-order valence-electron chi connectivity index (χ4n) is 1.54. The van der Waals surface area contributed by atoms with Gasteiger partial charge in [0.25, 0.3) is 0 Å². The van der Waals surface area contributed by atoms with Crippen LogP contribution in [0.4, 0.5) is 4.79 Å². The Labute approximate surface area is 90.8 Å². The lowest BCUT2D eigenvalue weighted by molar-refractivity contribution is -0.0515. The van der Waals surface area contributed by atoms with Gasteiger partial charge >= 0.3 is 6.09 Å². The normalized spacial score (nSPS) is 24.0. The fraction of sp³-hybridized carbons (Fsp3) is 0.818. The molecule has 15 heavy (non-hydrogen) atoms. The van der Waals surface area contributed by atoms with E-state index in [4.69, 9.17) is 10.00 Å². The molecule has 1 heterocycles. The number of hydrogen-bond acceptors (Lipinski definition) is 3. The highest BCUT2D eigenvalue weighted by Crippen LogP contribution is 2.36. The highest BCUT2D eigenvalue weighted by molar-refractivity contribution is 5.70. The van der Waals surface area contributed by atoms with E-state index in [1.807, 2.05) is 34.6 Å². The summed E-state index contributed by atoms with van der Waals surface area (Å²) >= 11 is 0. The van der Waals surface area contributed by atoms with Crippen molar-refractivity contribution in [2.24, 2.45) is 5.92 Å². The molecule has 1 rings (SSSR count). The van der Waals surface area contributed by atoms with Crippen LogP contribution in [-0.2, 0) is 4.74 Å². The van der Waals surface area contributed by atoms with Gasteiger partial charge < -0.3 is 9.64 Å². The van der Waals surface area contributed by atoms with Crippen LogP contribution in [0.3, 0.4) is 0 Å². The summed E-state index contributed by atoms with van der Waals surface area (Å²) in [5.41, 5.74) is -0.887. The zero-order valence-corrected chi connectivity index (χ0v) is 10.00. The first kappa shape index (κ1) is 11.8. The Balaban J connectivity index is 2.63. The van der Waals surface area contributed by atoms with E-state index in [9.17, 15) is 4.79 Å². The van der Waals surface area contributed by atoms with Gasteiger partial charge in [0.1, 0.15) is 5.60 Å². The van der Waals surface area contributed by atoms with Gasteiger partial charge in [-0.05, 0) is 34.6 Å². The first-order valence-corrected chi connectivity index (χ1v) is 5.09. The van der Waals surface area contributed by atoms with Crippen molar-refractivity contribution in [3.8, 4) is 6.07 Å². The molecule has 4 nitrogen and oxygen atoms in total. The third-order valence-corrected chi connectivity index (χ3v) is 2.68. The molecule has 0 saturated carbocycles. The van der Waals surface area contributed by atoms with Gasteiger partial charge in [-0.2, -0.15) is 5.26 Å². The Morgan fingerprint density at radius 1 is 1.53 bits per heavy atom. The number of ether oxygens (including phenoxy) is 1. The summed E-state index contributed by atoms with van der Waals surface area (Å²) in [5.74, 6) is -0.0926. The summed E-state index contributed by atoms with van der Waals surface area (Å²) < 4.78 is 5.25. The van der Waals surface area contributed by atoms with E-state index in [-0.39, 0.29) is 12.0 Å². The van der Waals surface area contributed by atoms with Gasteiger partial charge in [-0.25, -0.2) is 4.79 Å². The van der Waals surface area contributed by atoms with Crippen LogP contribution in [0.25, 0.3) is 0 Å². The van der Waals surface area contributed by atoms with E-state index in [2.05, 4.69) is 6.07 Å². The second-order valence-electron chi connectivity index (χ2n) is 5.43. The van der Waals surface area contributed by atoms with Crippen LogP contribution in [0.5, 0.6) is 0 Å². The predicted molar refractivity (Wildman–Crippen MR) is 56.1 cm³/mol. The number of amides is 1. The molecule has 0 aromatic carbocycles. The third-order valence-electron chi connectivity index (χ3n) is 2.68. The Hall–Kier alpha value is -1.24. The van der Waals surface area contributed by atoms with Crippen molar-refractivity contribution >= 4 is 6.09 Å². The largest absolute Gasteiger partial charge is 0.444 e. The van der Waals surface area contributed by atoms with Crippen LogP contribution in [0.1, 0.15) is 34.6 Å². The SMILES string of the molecule is CC(C)(C)OC(=O)N1CC(C#N)C1(C)C. The average Bonchev–Trinajstić information content (AvgIpc) is 1.99. The lowest BCUT2D eigenvalue weighted by atomic mass is 9.78. The minimum absolute atomic E-state index is 0.0926. The highest BCUT2D eigenvalue weighted by Gasteiger charge is 2.50. The van der Waals surface area contributed by atoms with Crippen LogP contribution in [0.15, 0.2) is 0 Å². The van der Waals surface area contributed by atoms with Gasteiger partial charge in [-0.15, -0.1) is 0 Å². The smallest absolute Gasteiger partial charge is 0.410 e. The lowest BCUT2D eigenvalue weighted by Crippen LogP contribution is -2.65. The van der Waals surface area contributed by atoms with Crippen molar-refractivity contribution in [2.75, 3.05) is 6.54 Å². The van der Waals surface area contributed by atoms with E-state index < -0.39 is 11.1 Å². The summed E-state index contributed by atoms with van der Waals surface area (Å²) in [4.78, 5) is 13.3. The molecule has 0 aromatic rings. The zero-order valence-electron chi connectivity index (χ0n) is 10.00. The number of hydrogen-bond donors (Lipinski definition) is 0. The number of likely N-dealkylation sites (tertiary alicyclic amines) is 1. The summed E-state index contributed by atoms with van der Waals surface area (Å²) in [7, 11) is 0. The first-order chi connectivity index (χ1) is 6.68. The Morgan fingerprint density at radius 3 is 2.40 bits per heavy atom. The highest BCUT2D eigenvalue weighted by atomic mass is 16.6. The number of nitriles is 1. The lowest BCUT2D eigenvalue weighted by Gasteiger charge is -2.51. The number of carbonyl (C=O) groups is 1. The fourth-order valence-corrected chi connectivity index (χ4v) is 1.54. The minimum Gasteiger partial charge on any atom is -0.444 e. The maximum atomic E-state index is 11.7. The number of rotatable bonds is 0. The van der Waals surface area contributed by atoms with Crippen molar-refractivity contribution < 1.29 is 9.53 Å². The molecule has 0 radical (unpaired) electrons. The number of nitrogens with zero attached hydrogens (tertiary/aromatic N) is 2. The Kier molecular flexibility index (Phi) is 2.69. The molecule has 4 heteroatoms. The molecule has 1 aliphatic rings. The summed E-state index contributed by atoms with van der Waals surface area (Å²) in [6.07, 6.45) is -0.334. The van der Waals surface area contributed by atoms with Crippen molar-refractivity contribution in [3.63, 3.8) is 0 Å². The van der Waals surface area contributed by atoms with Crippen molar-refractivity contribution in [2.45, 2.75) is 45.8 Å². The molecule has 1 fully saturated rings. The van der Waals surface area contributed by atoms with Crippen molar-refractivity contribution in [3.05, 3.63) is 0 Å². The molecule has 1 atom stereocenters. The third kappa shape index (κ3) is 2.23. The molecule has 1 unspecified atom stereocenters. The molecular weight excluding hydrogens is 192 g/mol. The van der Waals surface area contributed by atoms with Crippen molar-refractivity contribution in [1.29, 1.82) is 5.26 Å². The number of carbonyl (C=O) groups excluding carboxylic acids is 1. The molecule has 0 bridgehead atoms. The first-order valence-electron chi connectivity index (χ1n) is 5.09. The molecule has 0 aromatic heterocycles. The van der Waals surface area contributed by atoms with Gasteiger partial charge in [-0.3, -0.25) is 0 Å². The standard InChI is InChI=1S/C11H18N2O2/c1-10(2,3)15-9(14)13-7-8(6-12)11(13,4)5/h8H,7H2,1-5H3. The van der Waals surface area contributed by atoms with Crippen molar-refractivity contribution in [1.82, 2.24) is 4.90 Å². The second kappa shape index (κ2) is 3.41. The van der Waals surface area contributed by atoms with E-state index in [0.717, 1.165) is 0 Å². The Bertz CT molecular complexity index is 310.